The first-order valence-electron chi connectivity index (χ1n) is 23.2. The molecule has 1 aliphatic heterocycles. The highest BCUT2D eigenvalue weighted by Gasteiger charge is 2.50. The van der Waals surface area contributed by atoms with Gasteiger partial charge in [-0.2, -0.15) is 27.0 Å². The van der Waals surface area contributed by atoms with Crippen LogP contribution >= 0.6 is 0 Å². The smallest absolute Gasteiger partial charge is 0.407 e. The molecule has 0 aliphatic carbocycles. The topological polar surface area (TPSA) is 199 Å². The molecule has 5 aromatic carbocycles. The number of urea groups is 1. The Labute approximate surface area is 437 Å². The number of nitrogens with one attached hydrogen (secondary N) is 2. The Morgan fingerprint density at radius 3 is 1.39 bits per heavy atom. The van der Waals surface area contributed by atoms with E-state index in [4.69, 9.17) is 36.2 Å². The van der Waals surface area contributed by atoms with Crippen LogP contribution in [0.1, 0.15) is 55.5 Å². The number of rotatable bonds is 22. The van der Waals surface area contributed by atoms with Crippen molar-refractivity contribution in [3.63, 3.8) is 0 Å². The number of amides is 2. The van der Waals surface area contributed by atoms with Gasteiger partial charge in [-0.05, 0) is 111 Å². The number of nitriles is 1. The average Bonchev–Trinajstić information content (AvgIpc) is 3.56. The Balaban J connectivity index is 0.000000301. The zero-order valence-electron chi connectivity index (χ0n) is 42.9. The van der Waals surface area contributed by atoms with E-state index >= 15 is 0 Å². The zero-order chi connectivity index (χ0) is 55.4. The molecule has 5 aromatic rings. The van der Waals surface area contributed by atoms with Crippen LogP contribution in [0.2, 0.25) is 0 Å². The second kappa shape index (κ2) is 24.9. The molecule has 6 rings (SSSR count). The predicted octanol–water partition coefficient (Wildman–Crippen LogP) is 9.23. The van der Waals surface area contributed by atoms with Crippen molar-refractivity contribution in [1.29, 1.82) is 10.7 Å². The van der Waals surface area contributed by atoms with E-state index in [1.807, 2.05) is 48.5 Å². The molecule has 0 spiro atoms. The van der Waals surface area contributed by atoms with Gasteiger partial charge in [-0.15, -0.1) is 0 Å². The summed E-state index contributed by atoms with van der Waals surface area (Å²) in [6.07, 6.45) is -4.86. The molecule has 17 nitrogen and oxygen atoms in total. The lowest BCUT2D eigenvalue weighted by molar-refractivity contribution is -0.136. The van der Waals surface area contributed by atoms with Crippen molar-refractivity contribution in [1.82, 2.24) is 18.8 Å². The van der Waals surface area contributed by atoms with Gasteiger partial charge in [-0.1, -0.05) is 54.6 Å². The summed E-state index contributed by atoms with van der Waals surface area (Å²) in [4.78, 5) is 18.5. The number of alkyl halides is 3. The molecule has 0 radical (unpaired) electrons. The standard InChI is InChI=1S/C31H32F3N5O5S.C22H29N3O4S/c1-30(2)28(35)39(23-10-15-27(36-3)26(18-23)31(32,33)34)29(40)38(30)16-17-45(41,42)37(19-21-6-11-24(43-4)12-7-21)20-22-8-13-25(44-5)14-9-22;1-22(2,17-23)24-13-14-30(26,27)25(15-18-5-9-20(28-3)10-6-18)16-19-7-11-21(29-4)12-8-19/h6-15,18,35H,16-17,19-20H2,1-2,4-5H3;5-12,24H,13-16H2,1-4H3. The van der Waals surface area contributed by atoms with Crippen molar-refractivity contribution in [3.8, 4) is 29.1 Å². The molecular weight excluding hydrogens is 1010 g/mol. The molecule has 2 N–H and O–H groups in total. The third kappa shape index (κ3) is 15.4. The maximum absolute atomic E-state index is 13.8. The highest BCUT2D eigenvalue weighted by atomic mass is 32.2. The van der Waals surface area contributed by atoms with Gasteiger partial charge in [0.2, 0.25) is 20.0 Å². The van der Waals surface area contributed by atoms with Crippen LogP contribution in [0.4, 0.5) is 29.3 Å². The lowest BCUT2D eigenvalue weighted by atomic mass is 10.0. The first-order valence-corrected chi connectivity index (χ1v) is 26.5. The minimum atomic E-state index is -4.86. The van der Waals surface area contributed by atoms with Crippen LogP contribution in [0.5, 0.6) is 23.0 Å². The number of anilines is 1. The van der Waals surface area contributed by atoms with E-state index in [1.165, 1.54) is 36.7 Å². The van der Waals surface area contributed by atoms with Gasteiger partial charge in [-0.25, -0.2) is 31.4 Å². The van der Waals surface area contributed by atoms with Crippen LogP contribution in [0.15, 0.2) is 115 Å². The Kier molecular flexibility index (Phi) is 19.5. The minimum Gasteiger partial charge on any atom is -0.497 e. The van der Waals surface area contributed by atoms with Crippen molar-refractivity contribution in [2.75, 3.05) is 57.9 Å². The predicted molar refractivity (Wildman–Crippen MR) is 280 cm³/mol. The zero-order valence-corrected chi connectivity index (χ0v) is 44.6. The first-order chi connectivity index (χ1) is 35.3. The summed E-state index contributed by atoms with van der Waals surface area (Å²) in [7, 11) is -1.40. The molecule has 1 saturated heterocycles. The third-order valence-corrected chi connectivity index (χ3v) is 15.7. The summed E-state index contributed by atoms with van der Waals surface area (Å²) in [5.41, 5.74) is -1.14. The molecule has 400 valence electrons. The van der Waals surface area contributed by atoms with Crippen molar-refractivity contribution in [3.05, 3.63) is 154 Å². The summed E-state index contributed by atoms with van der Waals surface area (Å²) >= 11 is 0. The maximum atomic E-state index is 13.8. The highest BCUT2D eigenvalue weighted by molar-refractivity contribution is 7.89. The lowest BCUT2D eigenvalue weighted by Crippen LogP contribution is -2.47. The summed E-state index contributed by atoms with van der Waals surface area (Å²) in [6, 6.07) is 32.5. The van der Waals surface area contributed by atoms with Crippen LogP contribution in [0.3, 0.4) is 0 Å². The molecule has 22 heteroatoms. The van der Waals surface area contributed by atoms with Crippen molar-refractivity contribution >= 4 is 43.3 Å². The molecule has 0 bridgehead atoms. The van der Waals surface area contributed by atoms with Crippen molar-refractivity contribution in [2.45, 2.75) is 71.1 Å². The number of benzene rings is 5. The second-order valence-electron chi connectivity index (χ2n) is 18.2. The van der Waals surface area contributed by atoms with Crippen molar-refractivity contribution < 1.29 is 53.7 Å². The van der Waals surface area contributed by atoms with Crippen LogP contribution in [-0.4, -0.2) is 106 Å². The van der Waals surface area contributed by atoms with Gasteiger partial charge in [0.25, 0.3) is 0 Å². The Bertz CT molecular complexity index is 2970. The highest BCUT2D eigenvalue weighted by Crippen LogP contribution is 2.41. The normalized spacial score (nSPS) is 13.7. The van der Waals surface area contributed by atoms with Gasteiger partial charge in [0, 0.05) is 39.3 Å². The Morgan fingerprint density at radius 2 is 1.05 bits per heavy atom. The number of hydrogen-bond donors (Lipinski definition) is 2. The molecular formula is C53H61F3N8O9S2. The maximum Gasteiger partial charge on any atom is 0.407 e. The second-order valence-corrected chi connectivity index (χ2v) is 22.4. The van der Waals surface area contributed by atoms with Crippen LogP contribution in [-0.2, 0) is 52.4 Å². The lowest BCUT2D eigenvalue weighted by Gasteiger charge is -2.30. The molecule has 0 unspecified atom stereocenters. The van der Waals surface area contributed by atoms with Gasteiger partial charge < -0.3 is 23.8 Å². The van der Waals surface area contributed by atoms with E-state index in [0.29, 0.717) is 40.2 Å². The molecule has 0 atom stereocenters. The van der Waals surface area contributed by atoms with E-state index in [9.17, 15) is 34.8 Å². The molecule has 0 saturated carbocycles. The fourth-order valence-corrected chi connectivity index (χ4v) is 10.4. The van der Waals surface area contributed by atoms with Gasteiger partial charge in [0.1, 0.15) is 34.4 Å². The van der Waals surface area contributed by atoms with E-state index in [1.54, 1.807) is 76.6 Å². The van der Waals surface area contributed by atoms with E-state index in [2.05, 4.69) is 16.2 Å². The number of sulfonamides is 2. The molecule has 75 heavy (non-hydrogen) atoms. The van der Waals surface area contributed by atoms with E-state index < -0.39 is 60.3 Å². The summed E-state index contributed by atoms with van der Waals surface area (Å²) in [6.45, 7) is 13.9. The Hall–Kier alpha value is -7.21. The molecule has 1 fully saturated rings. The summed E-state index contributed by atoms with van der Waals surface area (Å²) in [5, 5.41) is 20.7. The van der Waals surface area contributed by atoms with Gasteiger partial charge in [-0.3, -0.25) is 10.7 Å². The largest absolute Gasteiger partial charge is 0.497 e. The van der Waals surface area contributed by atoms with Crippen LogP contribution < -0.4 is 29.2 Å². The third-order valence-electron chi connectivity index (χ3n) is 12.2. The van der Waals surface area contributed by atoms with Crippen LogP contribution in [0, 0.1) is 23.3 Å². The minimum absolute atomic E-state index is 0.0191. The molecule has 2 amide bonds. The summed E-state index contributed by atoms with van der Waals surface area (Å²) in [5.74, 6) is 1.69. The van der Waals surface area contributed by atoms with Crippen LogP contribution in [0.25, 0.3) is 4.85 Å². The van der Waals surface area contributed by atoms with E-state index in [0.717, 1.165) is 33.1 Å². The van der Waals surface area contributed by atoms with E-state index in [-0.39, 0.29) is 56.5 Å². The number of ether oxygens (including phenoxy) is 4. The van der Waals surface area contributed by atoms with Gasteiger partial charge in [0.15, 0.2) is 5.69 Å². The van der Waals surface area contributed by atoms with Gasteiger partial charge in [0.05, 0.1) is 69.4 Å². The number of amidine groups is 1. The number of methoxy groups -OCH3 is 4. The number of carbonyl (C=O) groups excluding carboxylic acids is 1. The quantitative estimate of drug-likeness (QED) is 0.0627. The molecule has 1 heterocycles. The monoisotopic (exact) mass is 1070 g/mol. The molecule has 1 aliphatic rings. The summed E-state index contributed by atoms with van der Waals surface area (Å²) < 4.78 is 118. The number of halogens is 3. The average molecular weight is 1080 g/mol. The number of nitrogens with zero attached hydrogens (tertiary/aromatic N) is 6. The van der Waals surface area contributed by atoms with Gasteiger partial charge >= 0.3 is 12.2 Å². The molecule has 0 aromatic heterocycles. The fraction of sp³-hybridized carbons (Fsp3) is 0.358. The Morgan fingerprint density at radius 1 is 0.680 bits per heavy atom. The first kappa shape index (κ1) is 58.7. The van der Waals surface area contributed by atoms with Crippen molar-refractivity contribution in [2.24, 2.45) is 0 Å². The number of hydrogen-bond acceptors (Lipinski definition) is 12. The fourth-order valence-electron chi connectivity index (χ4n) is 7.70. The number of carbonyl (C=O) groups is 1. The SMILES string of the molecule is COc1ccc(CN(Cc2ccc(OC)cc2)S(=O)(=O)CCNC(C)(C)C#N)cc1.[C-]#[N+]c1ccc(N2C(=N)C(C)(C)N(CCS(=O)(=O)N(Cc3ccc(OC)cc3)Cc3ccc(OC)cc3)C2=O)cc1C(F)(F)F.